The first-order valence-corrected chi connectivity index (χ1v) is 7.78. The number of methoxy groups -OCH3 is 1. The van der Waals surface area contributed by atoms with Crippen LogP contribution in [0.25, 0.3) is 21.8 Å². The zero-order valence-corrected chi connectivity index (χ0v) is 13.6. The monoisotopic (exact) mass is 336 g/mol. The summed E-state index contributed by atoms with van der Waals surface area (Å²) >= 11 is 6.28. The largest absolute Gasteiger partial charge is 0.497 e. The van der Waals surface area contributed by atoms with Gasteiger partial charge in [0.05, 0.1) is 7.11 Å². The molecule has 0 fully saturated rings. The van der Waals surface area contributed by atoms with E-state index >= 15 is 0 Å². The van der Waals surface area contributed by atoms with Crippen molar-refractivity contribution in [2.24, 2.45) is 0 Å². The molecule has 0 atom stereocenters. The summed E-state index contributed by atoms with van der Waals surface area (Å²) in [6.45, 7) is 0. The first-order valence-electron chi connectivity index (χ1n) is 7.40. The van der Waals surface area contributed by atoms with Crippen LogP contribution in [0.5, 0.6) is 17.2 Å². The van der Waals surface area contributed by atoms with Crippen LogP contribution in [0.3, 0.4) is 0 Å². The lowest BCUT2D eigenvalue weighted by molar-refractivity contribution is 0.409. The van der Waals surface area contributed by atoms with Crippen molar-refractivity contribution in [2.75, 3.05) is 7.11 Å². The molecule has 0 saturated heterocycles. The van der Waals surface area contributed by atoms with Crippen LogP contribution in [0.4, 0.5) is 0 Å². The van der Waals surface area contributed by atoms with E-state index in [1.165, 1.54) is 0 Å². The normalized spacial score (nSPS) is 10.9. The number of nitrogens with zero attached hydrogens (tertiary/aromatic N) is 2. The van der Waals surface area contributed by atoms with Gasteiger partial charge in [-0.15, -0.1) is 0 Å². The van der Waals surface area contributed by atoms with E-state index in [0.717, 1.165) is 21.9 Å². The first kappa shape index (κ1) is 14.7. The molecule has 0 spiro atoms. The average molecular weight is 337 g/mol. The summed E-state index contributed by atoms with van der Waals surface area (Å²) in [5.41, 5.74) is 0.619. The van der Waals surface area contributed by atoms with E-state index in [4.69, 9.17) is 21.1 Å². The molecule has 4 aromatic rings. The number of aromatic nitrogens is 2. The Bertz CT molecular complexity index is 1050. The van der Waals surface area contributed by atoms with Crippen LogP contribution >= 0.6 is 11.6 Å². The summed E-state index contributed by atoms with van der Waals surface area (Å²) in [6.07, 6.45) is 1.70. The van der Waals surface area contributed by atoms with E-state index < -0.39 is 0 Å². The second-order valence-corrected chi connectivity index (χ2v) is 5.62. The first-order chi connectivity index (χ1) is 11.7. The van der Waals surface area contributed by atoms with Crippen molar-refractivity contribution < 1.29 is 9.47 Å². The zero-order chi connectivity index (χ0) is 16.5. The lowest BCUT2D eigenvalue weighted by Crippen LogP contribution is -1.90. The van der Waals surface area contributed by atoms with Gasteiger partial charge in [0.15, 0.2) is 5.65 Å². The number of benzene rings is 2. The summed E-state index contributed by atoms with van der Waals surface area (Å²) in [5, 5.41) is 3.20. The molecular formula is C19H13ClN2O2. The predicted molar refractivity (Wildman–Crippen MR) is 95.1 cm³/mol. The Labute approximate surface area is 143 Å². The van der Waals surface area contributed by atoms with Crippen LogP contribution in [-0.2, 0) is 0 Å². The minimum absolute atomic E-state index is 0.434. The third-order valence-corrected chi connectivity index (χ3v) is 4.06. The van der Waals surface area contributed by atoms with Crippen molar-refractivity contribution in [1.82, 2.24) is 9.97 Å². The predicted octanol–water partition coefficient (Wildman–Crippen LogP) is 5.24. The molecule has 2 aromatic carbocycles. The molecule has 24 heavy (non-hydrogen) atoms. The van der Waals surface area contributed by atoms with Crippen LogP contribution in [0.1, 0.15) is 0 Å². The molecule has 5 heteroatoms. The van der Waals surface area contributed by atoms with Crippen molar-refractivity contribution >= 4 is 33.4 Å². The van der Waals surface area contributed by atoms with E-state index in [2.05, 4.69) is 9.97 Å². The maximum Gasteiger partial charge on any atom is 0.161 e. The Morgan fingerprint density at radius 3 is 2.54 bits per heavy atom. The molecule has 2 heterocycles. The molecule has 0 aliphatic carbocycles. The summed E-state index contributed by atoms with van der Waals surface area (Å²) in [6, 6.07) is 17.1. The van der Waals surface area contributed by atoms with E-state index in [-0.39, 0.29) is 0 Å². The molecule has 0 saturated carbocycles. The van der Waals surface area contributed by atoms with Gasteiger partial charge in [-0.1, -0.05) is 17.7 Å². The van der Waals surface area contributed by atoms with E-state index in [1.807, 2.05) is 54.6 Å². The van der Waals surface area contributed by atoms with Crippen LogP contribution < -0.4 is 9.47 Å². The standard InChI is InChI=1S/C19H13ClN2O2/c1-23-12-4-2-5-13(10-12)24-14-7-8-15-17(11-14)16-6-3-9-21-19(16)22-18(15)20/h2-11H,1H3. The molecule has 4 nitrogen and oxygen atoms in total. The van der Waals surface area contributed by atoms with Crippen LogP contribution in [-0.4, -0.2) is 17.1 Å². The smallest absolute Gasteiger partial charge is 0.161 e. The zero-order valence-electron chi connectivity index (χ0n) is 12.9. The highest BCUT2D eigenvalue weighted by Gasteiger charge is 2.09. The van der Waals surface area contributed by atoms with E-state index in [9.17, 15) is 0 Å². The molecule has 4 rings (SSSR count). The Balaban J connectivity index is 1.83. The van der Waals surface area contributed by atoms with Gasteiger partial charge in [-0.3, -0.25) is 0 Å². The molecule has 0 aliphatic rings. The van der Waals surface area contributed by atoms with Gasteiger partial charge in [0.25, 0.3) is 0 Å². The molecule has 0 N–H and O–H groups in total. The quantitative estimate of drug-likeness (QED) is 0.379. The van der Waals surface area contributed by atoms with Gasteiger partial charge < -0.3 is 9.47 Å². The minimum atomic E-state index is 0.434. The van der Waals surface area contributed by atoms with E-state index in [0.29, 0.717) is 22.3 Å². The maximum absolute atomic E-state index is 6.28. The highest BCUT2D eigenvalue weighted by molar-refractivity contribution is 6.35. The fourth-order valence-electron chi connectivity index (χ4n) is 2.64. The van der Waals surface area contributed by atoms with Gasteiger partial charge in [-0.25, -0.2) is 9.97 Å². The Morgan fingerprint density at radius 1 is 0.833 bits per heavy atom. The summed E-state index contributed by atoms with van der Waals surface area (Å²) in [7, 11) is 1.63. The van der Waals surface area contributed by atoms with Crippen LogP contribution in [0, 0.1) is 0 Å². The number of hydrogen-bond acceptors (Lipinski definition) is 4. The van der Waals surface area contributed by atoms with Crippen molar-refractivity contribution in [3.63, 3.8) is 0 Å². The van der Waals surface area contributed by atoms with Gasteiger partial charge in [0, 0.05) is 23.0 Å². The molecule has 0 radical (unpaired) electrons. The lowest BCUT2D eigenvalue weighted by Gasteiger charge is -2.10. The van der Waals surface area contributed by atoms with Crippen LogP contribution in [0.15, 0.2) is 60.8 Å². The summed E-state index contributed by atoms with van der Waals surface area (Å²) in [5.74, 6) is 2.16. The molecule has 0 amide bonds. The number of fused-ring (bicyclic) bond motifs is 3. The maximum atomic E-state index is 6.28. The Morgan fingerprint density at radius 2 is 1.67 bits per heavy atom. The number of pyridine rings is 2. The third kappa shape index (κ3) is 2.61. The summed E-state index contributed by atoms with van der Waals surface area (Å²) in [4.78, 5) is 8.61. The molecule has 0 aliphatic heterocycles. The van der Waals surface area contributed by atoms with Crippen LogP contribution in [0.2, 0.25) is 5.15 Å². The van der Waals surface area contributed by atoms with Gasteiger partial charge in [0.1, 0.15) is 22.4 Å². The van der Waals surface area contributed by atoms with Gasteiger partial charge >= 0.3 is 0 Å². The topological polar surface area (TPSA) is 44.2 Å². The molecule has 0 bridgehead atoms. The van der Waals surface area contributed by atoms with Crippen molar-refractivity contribution in [3.8, 4) is 17.2 Å². The molecule has 0 unspecified atom stereocenters. The van der Waals surface area contributed by atoms with Crippen molar-refractivity contribution in [1.29, 1.82) is 0 Å². The van der Waals surface area contributed by atoms with Crippen molar-refractivity contribution in [3.05, 3.63) is 65.9 Å². The average Bonchev–Trinajstić information content (AvgIpc) is 2.62. The second-order valence-electron chi connectivity index (χ2n) is 5.27. The molecule has 2 aromatic heterocycles. The lowest BCUT2D eigenvalue weighted by atomic mass is 10.1. The van der Waals surface area contributed by atoms with Gasteiger partial charge in [0.2, 0.25) is 0 Å². The highest BCUT2D eigenvalue weighted by Crippen LogP contribution is 2.33. The second kappa shape index (κ2) is 5.98. The Hall–Kier alpha value is -2.85. The number of rotatable bonds is 3. The molecule has 118 valence electrons. The SMILES string of the molecule is COc1cccc(Oc2ccc3c(Cl)nc4ncccc4c3c2)c1. The number of hydrogen-bond donors (Lipinski definition) is 0. The van der Waals surface area contributed by atoms with E-state index in [1.54, 1.807) is 13.3 Å². The third-order valence-electron chi connectivity index (χ3n) is 3.77. The fourth-order valence-corrected chi connectivity index (χ4v) is 2.88. The fraction of sp³-hybridized carbons (Fsp3) is 0.0526. The molecular weight excluding hydrogens is 324 g/mol. The van der Waals surface area contributed by atoms with Gasteiger partial charge in [-0.2, -0.15) is 0 Å². The number of ether oxygens (including phenoxy) is 2. The number of halogens is 1. The Kier molecular flexibility index (Phi) is 3.67. The highest BCUT2D eigenvalue weighted by atomic mass is 35.5. The van der Waals surface area contributed by atoms with Crippen molar-refractivity contribution in [2.45, 2.75) is 0 Å². The minimum Gasteiger partial charge on any atom is -0.497 e. The summed E-state index contributed by atoms with van der Waals surface area (Å²) < 4.78 is 11.2. The van der Waals surface area contributed by atoms with Gasteiger partial charge in [-0.05, 0) is 47.9 Å².